The van der Waals surface area contributed by atoms with Crippen LogP contribution in [0.4, 0.5) is 0 Å². The lowest BCUT2D eigenvalue weighted by Crippen LogP contribution is -2.36. The quantitative estimate of drug-likeness (QED) is 0.853. The van der Waals surface area contributed by atoms with Crippen LogP contribution in [0, 0.1) is 6.92 Å². The van der Waals surface area contributed by atoms with Gasteiger partial charge in [-0.25, -0.2) is 0 Å². The number of benzene rings is 1. The lowest BCUT2D eigenvalue weighted by Gasteiger charge is -2.20. The van der Waals surface area contributed by atoms with E-state index in [1.807, 2.05) is 62.2 Å². The molecule has 0 spiro atoms. The number of hydrogen-bond acceptors (Lipinski definition) is 4. The molecular weight excluding hydrogens is 292 g/mol. The molecule has 23 heavy (non-hydrogen) atoms. The fraction of sp³-hybridized carbons (Fsp3) is 0.389. The Morgan fingerprint density at radius 1 is 1.30 bits per heavy atom. The molecule has 1 amide bonds. The number of nitrogens with one attached hydrogen (secondary N) is 1. The molecule has 0 aliphatic carbocycles. The number of hydrogen-bond donors (Lipinski definition) is 1. The summed E-state index contributed by atoms with van der Waals surface area (Å²) in [4.78, 5) is 14.1. The highest BCUT2D eigenvalue weighted by atomic mass is 16.5. The second kappa shape index (κ2) is 7.83. The van der Waals surface area contributed by atoms with Gasteiger partial charge in [-0.15, -0.1) is 0 Å². The molecule has 1 heterocycles. The third kappa shape index (κ3) is 4.86. The SMILES string of the molecule is COc1ccccc1C(C)NC(=O)CN(C)Cc1ccc(C)o1. The predicted octanol–water partition coefficient (Wildman–Crippen LogP) is 2.91. The molecule has 5 nitrogen and oxygen atoms in total. The van der Waals surface area contributed by atoms with E-state index < -0.39 is 0 Å². The van der Waals surface area contributed by atoms with Crippen LogP contribution in [0.15, 0.2) is 40.8 Å². The Morgan fingerprint density at radius 3 is 2.70 bits per heavy atom. The Morgan fingerprint density at radius 2 is 2.04 bits per heavy atom. The first-order chi connectivity index (χ1) is 11.0. The average molecular weight is 316 g/mol. The fourth-order valence-electron chi connectivity index (χ4n) is 2.53. The van der Waals surface area contributed by atoms with Gasteiger partial charge in [0.1, 0.15) is 17.3 Å². The van der Waals surface area contributed by atoms with Crippen molar-refractivity contribution in [1.29, 1.82) is 0 Å². The van der Waals surface area contributed by atoms with Crippen molar-refractivity contribution < 1.29 is 13.9 Å². The minimum absolute atomic E-state index is 0.0332. The number of nitrogens with zero attached hydrogens (tertiary/aromatic N) is 1. The van der Waals surface area contributed by atoms with Crippen molar-refractivity contribution in [2.75, 3.05) is 20.7 Å². The first kappa shape index (κ1) is 17.1. The number of carbonyl (C=O) groups is 1. The third-order valence-corrected chi connectivity index (χ3v) is 3.62. The second-order valence-corrected chi connectivity index (χ2v) is 5.72. The third-order valence-electron chi connectivity index (χ3n) is 3.62. The van der Waals surface area contributed by atoms with Gasteiger partial charge in [0, 0.05) is 5.56 Å². The van der Waals surface area contributed by atoms with Gasteiger partial charge in [0.05, 0.1) is 26.2 Å². The summed E-state index contributed by atoms with van der Waals surface area (Å²) in [5.41, 5.74) is 0.965. The van der Waals surface area contributed by atoms with E-state index in [1.165, 1.54) is 0 Å². The minimum atomic E-state index is -0.113. The summed E-state index contributed by atoms with van der Waals surface area (Å²) in [6, 6.07) is 11.4. The van der Waals surface area contributed by atoms with E-state index in [0.29, 0.717) is 13.1 Å². The van der Waals surface area contributed by atoms with Crippen molar-refractivity contribution in [3.8, 4) is 5.75 Å². The molecular formula is C18H24N2O3. The second-order valence-electron chi connectivity index (χ2n) is 5.72. The molecule has 0 aliphatic heterocycles. The maximum absolute atomic E-state index is 12.2. The first-order valence-corrected chi connectivity index (χ1v) is 7.65. The van der Waals surface area contributed by atoms with E-state index in [2.05, 4.69) is 5.32 Å². The zero-order valence-electron chi connectivity index (χ0n) is 14.1. The van der Waals surface area contributed by atoms with E-state index in [0.717, 1.165) is 22.8 Å². The van der Waals surface area contributed by atoms with Crippen LogP contribution in [0.2, 0.25) is 0 Å². The van der Waals surface area contributed by atoms with Crippen molar-refractivity contribution >= 4 is 5.91 Å². The molecule has 0 saturated heterocycles. The van der Waals surface area contributed by atoms with Crippen LogP contribution in [0.3, 0.4) is 0 Å². The molecule has 1 atom stereocenters. The molecule has 0 radical (unpaired) electrons. The molecule has 0 saturated carbocycles. The topological polar surface area (TPSA) is 54.7 Å². The normalized spacial score (nSPS) is 12.2. The smallest absolute Gasteiger partial charge is 0.234 e. The fourth-order valence-corrected chi connectivity index (χ4v) is 2.53. The Bertz CT molecular complexity index is 651. The summed E-state index contributed by atoms with van der Waals surface area (Å²) < 4.78 is 10.9. The van der Waals surface area contributed by atoms with Crippen molar-refractivity contribution in [2.24, 2.45) is 0 Å². The molecule has 1 aromatic heterocycles. The van der Waals surface area contributed by atoms with Crippen molar-refractivity contribution in [1.82, 2.24) is 10.2 Å². The molecule has 124 valence electrons. The highest BCUT2D eigenvalue weighted by Crippen LogP contribution is 2.24. The van der Waals surface area contributed by atoms with Crippen molar-refractivity contribution in [3.63, 3.8) is 0 Å². The number of carbonyl (C=O) groups excluding carboxylic acids is 1. The zero-order chi connectivity index (χ0) is 16.8. The Balaban J connectivity index is 1.88. The molecule has 1 aromatic carbocycles. The molecule has 5 heteroatoms. The predicted molar refractivity (Wildman–Crippen MR) is 89.3 cm³/mol. The molecule has 2 aromatic rings. The standard InChI is InChI=1S/C18H24N2O3/c1-13-9-10-15(23-13)11-20(3)12-18(21)19-14(2)16-7-5-6-8-17(16)22-4/h5-10,14H,11-12H2,1-4H3,(H,19,21). The number of amides is 1. The van der Waals surface area contributed by atoms with Gasteiger partial charge in [-0.05, 0) is 39.1 Å². The van der Waals surface area contributed by atoms with Crippen LogP contribution in [-0.4, -0.2) is 31.5 Å². The summed E-state index contributed by atoms with van der Waals surface area (Å²) in [6.45, 7) is 4.76. The van der Waals surface area contributed by atoms with E-state index in [-0.39, 0.29) is 11.9 Å². The van der Waals surface area contributed by atoms with Gasteiger partial charge >= 0.3 is 0 Å². The van der Waals surface area contributed by atoms with E-state index >= 15 is 0 Å². The summed E-state index contributed by atoms with van der Waals surface area (Å²) in [6.07, 6.45) is 0. The largest absolute Gasteiger partial charge is 0.496 e. The number of furan rings is 1. The van der Waals surface area contributed by atoms with Gasteiger partial charge in [0.2, 0.25) is 5.91 Å². The average Bonchev–Trinajstić information content (AvgIpc) is 2.91. The van der Waals surface area contributed by atoms with Gasteiger partial charge in [-0.2, -0.15) is 0 Å². The highest BCUT2D eigenvalue weighted by Gasteiger charge is 2.15. The summed E-state index contributed by atoms with van der Waals surface area (Å²) in [7, 11) is 3.53. The number of aryl methyl sites for hydroxylation is 1. The van der Waals surface area contributed by atoms with E-state index in [9.17, 15) is 4.79 Å². The van der Waals surface area contributed by atoms with Gasteiger partial charge < -0.3 is 14.5 Å². The van der Waals surface area contributed by atoms with Crippen LogP contribution in [-0.2, 0) is 11.3 Å². The van der Waals surface area contributed by atoms with Crippen LogP contribution in [0.1, 0.15) is 30.0 Å². The maximum atomic E-state index is 12.2. The number of para-hydroxylation sites is 1. The van der Waals surface area contributed by atoms with Crippen molar-refractivity contribution in [3.05, 3.63) is 53.5 Å². The molecule has 1 N–H and O–H groups in total. The lowest BCUT2D eigenvalue weighted by atomic mass is 10.1. The van der Waals surface area contributed by atoms with Crippen LogP contribution < -0.4 is 10.1 Å². The lowest BCUT2D eigenvalue weighted by molar-refractivity contribution is -0.122. The molecule has 1 unspecified atom stereocenters. The summed E-state index contributed by atoms with van der Waals surface area (Å²) in [5, 5.41) is 3.00. The van der Waals surface area contributed by atoms with Crippen LogP contribution in [0.5, 0.6) is 5.75 Å². The van der Waals surface area contributed by atoms with Crippen LogP contribution in [0.25, 0.3) is 0 Å². The maximum Gasteiger partial charge on any atom is 0.234 e. The van der Waals surface area contributed by atoms with Crippen LogP contribution >= 0.6 is 0 Å². The first-order valence-electron chi connectivity index (χ1n) is 7.65. The molecule has 0 bridgehead atoms. The van der Waals surface area contributed by atoms with Gasteiger partial charge in [-0.3, -0.25) is 9.69 Å². The van der Waals surface area contributed by atoms with Gasteiger partial charge in [-0.1, -0.05) is 18.2 Å². The van der Waals surface area contributed by atoms with Gasteiger partial charge in [0.25, 0.3) is 0 Å². The zero-order valence-corrected chi connectivity index (χ0v) is 14.1. The summed E-state index contributed by atoms with van der Waals surface area (Å²) in [5.74, 6) is 2.48. The minimum Gasteiger partial charge on any atom is -0.496 e. The number of likely N-dealkylation sites (N-methyl/N-ethyl adjacent to an activating group) is 1. The monoisotopic (exact) mass is 316 g/mol. The number of methoxy groups -OCH3 is 1. The van der Waals surface area contributed by atoms with E-state index in [4.69, 9.17) is 9.15 Å². The molecule has 0 fully saturated rings. The number of ether oxygens (including phenoxy) is 1. The molecule has 0 aliphatic rings. The Labute approximate surface area is 137 Å². The Hall–Kier alpha value is -2.27. The van der Waals surface area contributed by atoms with Gasteiger partial charge in [0.15, 0.2) is 0 Å². The summed E-state index contributed by atoms with van der Waals surface area (Å²) >= 11 is 0. The number of rotatable bonds is 7. The Kier molecular flexibility index (Phi) is 5.82. The van der Waals surface area contributed by atoms with Crippen molar-refractivity contribution in [2.45, 2.75) is 26.4 Å². The highest BCUT2D eigenvalue weighted by molar-refractivity contribution is 5.78. The van der Waals surface area contributed by atoms with E-state index in [1.54, 1.807) is 7.11 Å². The molecule has 2 rings (SSSR count).